The van der Waals surface area contributed by atoms with Crippen molar-refractivity contribution in [1.29, 1.82) is 0 Å². The summed E-state index contributed by atoms with van der Waals surface area (Å²) in [6.07, 6.45) is 0. The van der Waals surface area contributed by atoms with E-state index >= 15 is 0 Å². The molecule has 0 bridgehead atoms. The number of sulfonamides is 1. The SMILES string of the molecule is CC(C)n1c(=O)sc2cc(NC(=O)CN(c3ccc(Cl)cc3Cl)S(=O)(=O)c3ccccc3)ccc21. The van der Waals surface area contributed by atoms with Gasteiger partial charge in [0, 0.05) is 16.8 Å². The van der Waals surface area contributed by atoms with Crippen LogP contribution < -0.4 is 14.5 Å². The lowest BCUT2D eigenvalue weighted by atomic mass is 10.2. The van der Waals surface area contributed by atoms with E-state index in [0.717, 1.165) is 25.9 Å². The second-order valence-corrected chi connectivity index (χ2v) is 11.7. The van der Waals surface area contributed by atoms with Crippen LogP contribution in [0.2, 0.25) is 10.0 Å². The zero-order chi connectivity index (χ0) is 25.3. The van der Waals surface area contributed by atoms with Crippen LogP contribution in [0.25, 0.3) is 10.2 Å². The first-order valence-corrected chi connectivity index (χ1v) is 13.6. The summed E-state index contributed by atoms with van der Waals surface area (Å²) in [7, 11) is -4.12. The molecule has 0 fully saturated rings. The Morgan fingerprint density at radius 2 is 1.77 bits per heavy atom. The Balaban J connectivity index is 1.67. The van der Waals surface area contributed by atoms with Gasteiger partial charge < -0.3 is 5.32 Å². The summed E-state index contributed by atoms with van der Waals surface area (Å²) in [5.74, 6) is -0.578. The van der Waals surface area contributed by atoms with Crippen molar-refractivity contribution in [1.82, 2.24) is 4.57 Å². The number of carbonyl (C=O) groups excluding carboxylic acids is 1. The van der Waals surface area contributed by atoms with Crippen molar-refractivity contribution in [3.05, 3.63) is 86.4 Å². The zero-order valence-corrected chi connectivity index (χ0v) is 21.9. The molecule has 1 aromatic heterocycles. The summed E-state index contributed by atoms with van der Waals surface area (Å²) in [6.45, 7) is 3.32. The van der Waals surface area contributed by atoms with Crippen LogP contribution in [0.4, 0.5) is 11.4 Å². The molecule has 0 aliphatic heterocycles. The summed E-state index contributed by atoms with van der Waals surface area (Å²) in [5, 5.41) is 3.15. The van der Waals surface area contributed by atoms with Gasteiger partial charge in [-0.1, -0.05) is 52.7 Å². The van der Waals surface area contributed by atoms with Crippen LogP contribution >= 0.6 is 34.5 Å². The Bertz CT molecular complexity index is 1560. The molecule has 0 spiro atoms. The van der Waals surface area contributed by atoms with Gasteiger partial charge in [0.2, 0.25) is 5.91 Å². The monoisotopic (exact) mass is 549 g/mol. The van der Waals surface area contributed by atoms with Gasteiger partial charge in [0.15, 0.2) is 0 Å². The maximum Gasteiger partial charge on any atom is 0.308 e. The summed E-state index contributed by atoms with van der Waals surface area (Å²) in [6, 6.07) is 17.3. The first kappa shape index (κ1) is 25.2. The van der Waals surface area contributed by atoms with Crippen LogP contribution in [0.1, 0.15) is 19.9 Å². The van der Waals surface area contributed by atoms with E-state index in [9.17, 15) is 18.0 Å². The molecule has 3 aromatic carbocycles. The molecule has 1 N–H and O–H groups in total. The van der Waals surface area contributed by atoms with Gasteiger partial charge in [-0.2, -0.15) is 0 Å². The number of fused-ring (bicyclic) bond motifs is 1. The topological polar surface area (TPSA) is 88.5 Å². The molecule has 182 valence electrons. The summed E-state index contributed by atoms with van der Waals surface area (Å²) in [4.78, 5) is 25.3. The Kier molecular flexibility index (Phi) is 7.23. The van der Waals surface area contributed by atoms with Crippen molar-refractivity contribution >= 4 is 72.1 Å². The molecule has 0 aliphatic rings. The maximum atomic E-state index is 13.5. The van der Waals surface area contributed by atoms with Crippen LogP contribution in [-0.4, -0.2) is 25.4 Å². The number of nitrogens with zero attached hydrogens (tertiary/aromatic N) is 2. The van der Waals surface area contributed by atoms with Gasteiger partial charge in [-0.05, 0) is 62.4 Å². The van der Waals surface area contributed by atoms with Crippen molar-refractivity contribution in [2.24, 2.45) is 0 Å². The van der Waals surface area contributed by atoms with Crippen LogP contribution in [0.3, 0.4) is 0 Å². The molecule has 35 heavy (non-hydrogen) atoms. The average molecular weight is 550 g/mol. The second-order valence-electron chi connectivity index (χ2n) is 7.98. The van der Waals surface area contributed by atoms with Crippen molar-refractivity contribution in [2.45, 2.75) is 24.8 Å². The predicted molar refractivity (Wildman–Crippen MR) is 143 cm³/mol. The van der Waals surface area contributed by atoms with Crippen molar-refractivity contribution in [3.8, 4) is 0 Å². The minimum absolute atomic E-state index is 0.00225. The number of carbonyl (C=O) groups is 1. The quantitative estimate of drug-likeness (QED) is 0.316. The van der Waals surface area contributed by atoms with Crippen LogP contribution in [0.5, 0.6) is 0 Å². The number of rotatable bonds is 7. The largest absolute Gasteiger partial charge is 0.324 e. The number of amides is 1. The Morgan fingerprint density at radius 1 is 1.06 bits per heavy atom. The van der Waals surface area contributed by atoms with Gasteiger partial charge in [0.05, 0.1) is 25.8 Å². The molecule has 1 heterocycles. The number of thiazole rings is 1. The first-order valence-electron chi connectivity index (χ1n) is 10.6. The fourth-order valence-corrected chi connectivity index (χ4v) is 6.71. The van der Waals surface area contributed by atoms with Gasteiger partial charge in [0.25, 0.3) is 10.0 Å². The molecule has 4 rings (SSSR count). The van der Waals surface area contributed by atoms with E-state index in [1.165, 1.54) is 30.3 Å². The van der Waals surface area contributed by atoms with Gasteiger partial charge in [-0.3, -0.25) is 18.5 Å². The standard InChI is InChI=1S/C24H21Cl2N3O4S2/c1-15(2)29-21-11-9-17(13-22(21)34-24(29)31)27-23(30)14-28(20-10-8-16(25)12-19(20)26)35(32,33)18-6-4-3-5-7-18/h3-13,15H,14H2,1-2H3,(H,27,30). The molecule has 4 aromatic rings. The van der Waals surface area contributed by atoms with Crippen LogP contribution in [-0.2, 0) is 14.8 Å². The third-order valence-corrected chi connectivity index (χ3v) is 8.44. The van der Waals surface area contributed by atoms with Crippen LogP contribution in [0, 0.1) is 0 Å². The molecule has 0 saturated heterocycles. The zero-order valence-electron chi connectivity index (χ0n) is 18.7. The number of aromatic nitrogens is 1. The van der Waals surface area contributed by atoms with Gasteiger partial charge >= 0.3 is 4.87 Å². The summed E-state index contributed by atoms with van der Waals surface area (Å²) in [5.41, 5.74) is 1.34. The molecule has 1 amide bonds. The molecular weight excluding hydrogens is 529 g/mol. The number of hydrogen-bond acceptors (Lipinski definition) is 5. The second kappa shape index (κ2) is 10.0. The third-order valence-electron chi connectivity index (χ3n) is 5.21. The highest BCUT2D eigenvalue weighted by atomic mass is 35.5. The molecule has 0 saturated carbocycles. The van der Waals surface area contributed by atoms with Crippen LogP contribution in [0.15, 0.2) is 76.4 Å². The highest BCUT2D eigenvalue weighted by Gasteiger charge is 2.29. The summed E-state index contributed by atoms with van der Waals surface area (Å²) < 4.78 is 30.3. The van der Waals surface area contributed by atoms with E-state index < -0.39 is 22.5 Å². The number of nitrogens with one attached hydrogen (secondary N) is 1. The molecule has 0 unspecified atom stereocenters. The Hall–Kier alpha value is -2.85. The molecule has 7 nitrogen and oxygen atoms in total. The lowest BCUT2D eigenvalue weighted by molar-refractivity contribution is -0.114. The minimum atomic E-state index is -4.12. The number of anilines is 2. The van der Waals surface area contributed by atoms with E-state index in [1.54, 1.807) is 41.0 Å². The molecule has 0 radical (unpaired) electrons. The highest BCUT2D eigenvalue weighted by Crippen LogP contribution is 2.33. The number of halogens is 2. The molecule has 11 heteroatoms. The Morgan fingerprint density at radius 3 is 2.43 bits per heavy atom. The van der Waals surface area contributed by atoms with E-state index in [0.29, 0.717) is 10.7 Å². The van der Waals surface area contributed by atoms with Crippen molar-refractivity contribution < 1.29 is 13.2 Å². The lowest BCUT2D eigenvalue weighted by Gasteiger charge is -2.25. The van der Waals surface area contributed by atoms with Gasteiger partial charge in [-0.25, -0.2) is 8.42 Å². The van der Waals surface area contributed by atoms with Gasteiger partial charge in [0.1, 0.15) is 6.54 Å². The average Bonchev–Trinajstić information content (AvgIpc) is 3.13. The van der Waals surface area contributed by atoms with Crippen molar-refractivity contribution in [2.75, 3.05) is 16.2 Å². The predicted octanol–water partition coefficient (Wildman–Crippen LogP) is 5.78. The van der Waals surface area contributed by atoms with Crippen molar-refractivity contribution in [3.63, 3.8) is 0 Å². The molecule has 0 aliphatic carbocycles. The van der Waals surface area contributed by atoms with Gasteiger partial charge in [-0.15, -0.1) is 0 Å². The smallest absolute Gasteiger partial charge is 0.308 e. The van der Waals surface area contributed by atoms with E-state index in [2.05, 4.69) is 5.32 Å². The first-order chi connectivity index (χ1) is 16.6. The normalized spacial score (nSPS) is 11.7. The third kappa shape index (κ3) is 5.23. The van der Waals surface area contributed by atoms with E-state index in [1.807, 2.05) is 13.8 Å². The Labute approximate surface area is 216 Å². The van der Waals surface area contributed by atoms with E-state index in [-0.39, 0.29) is 26.5 Å². The molecule has 0 atom stereocenters. The lowest BCUT2D eigenvalue weighted by Crippen LogP contribution is -2.38. The number of benzene rings is 3. The molecular formula is C24H21Cl2N3O4S2. The minimum Gasteiger partial charge on any atom is -0.324 e. The fourth-order valence-electron chi connectivity index (χ4n) is 3.64. The number of hydrogen-bond donors (Lipinski definition) is 1. The van der Waals surface area contributed by atoms with E-state index in [4.69, 9.17) is 23.2 Å². The highest BCUT2D eigenvalue weighted by molar-refractivity contribution is 7.92. The fraction of sp³-hybridized carbons (Fsp3) is 0.167. The maximum absolute atomic E-state index is 13.5. The summed E-state index contributed by atoms with van der Waals surface area (Å²) >= 11 is 13.4.